The lowest BCUT2D eigenvalue weighted by atomic mass is 9.77. The molecule has 0 N–H and O–H groups in total. The largest absolute Gasteiger partial charge is 0.299 e. The molecule has 126 valence electrons. The Bertz CT molecular complexity index is 574. The van der Waals surface area contributed by atoms with Gasteiger partial charge in [-0.1, -0.05) is 51.0 Å². The van der Waals surface area contributed by atoms with E-state index in [0.29, 0.717) is 24.0 Å². The van der Waals surface area contributed by atoms with Crippen molar-refractivity contribution >= 4 is 11.4 Å². The summed E-state index contributed by atoms with van der Waals surface area (Å²) in [6.07, 6.45) is 7.49. The van der Waals surface area contributed by atoms with E-state index < -0.39 is 0 Å². The van der Waals surface area contributed by atoms with Crippen molar-refractivity contribution in [2.24, 2.45) is 11.8 Å². The number of aryl methyl sites for hydroxylation is 1. The maximum Gasteiger partial charge on any atom is 0.136 e. The summed E-state index contributed by atoms with van der Waals surface area (Å²) in [5.41, 5.74) is 5.28. The second-order valence-electron chi connectivity index (χ2n) is 7.54. The highest BCUT2D eigenvalue weighted by Gasteiger charge is 2.26. The van der Waals surface area contributed by atoms with Crippen molar-refractivity contribution in [3.63, 3.8) is 0 Å². The van der Waals surface area contributed by atoms with Gasteiger partial charge in [-0.2, -0.15) is 0 Å². The van der Waals surface area contributed by atoms with E-state index >= 15 is 0 Å². The number of hydrogen-bond donors (Lipinski definition) is 0. The smallest absolute Gasteiger partial charge is 0.136 e. The Balaban J connectivity index is 2.14. The van der Waals surface area contributed by atoms with Gasteiger partial charge in [-0.05, 0) is 67.7 Å². The Morgan fingerprint density at radius 3 is 2.52 bits per heavy atom. The molecule has 0 amide bonds. The van der Waals surface area contributed by atoms with Crippen LogP contribution in [0.3, 0.4) is 0 Å². The van der Waals surface area contributed by atoms with Gasteiger partial charge in [0, 0.05) is 12.3 Å². The number of allylic oxidation sites excluding steroid dienone is 2. The summed E-state index contributed by atoms with van der Waals surface area (Å²) in [5.74, 6) is 1.89. The summed E-state index contributed by atoms with van der Waals surface area (Å²) in [6, 6.07) is 6.49. The zero-order chi connectivity index (χ0) is 17.0. The van der Waals surface area contributed by atoms with Crippen LogP contribution in [0.15, 0.2) is 24.3 Å². The Morgan fingerprint density at radius 2 is 1.91 bits per heavy atom. The molecule has 1 aromatic rings. The molecule has 1 fully saturated rings. The Morgan fingerprint density at radius 1 is 1.26 bits per heavy atom. The average Bonchev–Trinajstić information content (AvgIpc) is 2.54. The maximum atomic E-state index is 12.7. The van der Waals surface area contributed by atoms with Gasteiger partial charge in [-0.25, -0.2) is 0 Å². The number of benzene rings is 1. The third-order valence-corrected chi connectivity index (χ3v) is 5.65. The number of hydrogen-bond acceptors (Lipinski definition) is 1. The molecule has 0 bridgehead atoms. The average molecular weight is 312 g/mol. The lowest BCUT2D eigenvalue weighted by Crippen LogP contribution is -2.22. The first-order valence-corrected chi connectivity index (χ1v) is 9.19. The second-order valence-corrected chi connectivity index (χ2v) is 7.54. The lowest BCUT2D eigenvalue weighted by molar-refractivity contribution is -0.124. The van der Waals surface area contributed by atoms with E-state index in [9.17, 15) is 4.79 Å². The van der Waals surface area contributed by atoms with Crippen molar-refractivity contribution in [1.82, 2.24) is 0 Å². The first-order chi connectivity index (χ1) is 10.9. The minimum Gasteiger partial charge on any atom is -0.299 e. The third-order valence-electron chi connectivity index (χ3n) is 5.65. The van der Waals surface area contributed by atoms with Crippen molar-refractivity contribution in [3.05, 3.63) is 41.0 Å². The number of carbonyl (C=O) groups excluding carboxylic acids is 1. The predicted octanol–water partition coefficient (Wildman–Crippen LogP) is 6.31. The first-order valence-electron chi connectivity index (χ1n) is 9.19. The summed E-state index contributed by atoms with van der Waals surface area (Å²) in [5, 5.41) is 0. The van der Waals surface area contributed by atoms with Gasteiger partial charge in [-0.15, -0.1) is 0 Å². The number of carbonyl (C=O) groups is 1. The minimum atomic E-state index is 0.299. The van der Waals surface area contributed by atoms with Crippen LogP contribution in [0, 0.1) is 18.8 Å². The molecular weight excluding hydrogens is 280 g/mol. The van der Waals surface area contributed by atoms with E-state index in [4.69, 9.17) is 0 Å². The molecule has 0 spiro atoms. The fraction of sp³-hybridized carbons (Fsp3) is 0.591. The molecule has 1 atom stereocenters. The maximum absolute atomic E-state index is 12.7. The zero-order valence-corrected chi connectivity index (χ0v) is 15.5. The van der Waals surface area contributed by atoms with Crippen LogP contribution in [0.5, 0.6) is 0 Å². The molecule has 0 aliphatic heterocycles. The van der Waals surface area contributed by atoms with Crippen molar-refractivity contribution in [2.75, 3.05) is 0 Å². The summed E-state index contributed by atoms with van der Waals surface area (Å²) in [6.45, 7) is 10.9. The molecule has 1 heteroatoms. The third kappa shape index (κ3) is 4.34. The highest BCUT2D eigenvalue weighted by molar-refractivity contribution is 5.82. The fourth-order valence-corrected chi connectivity index (χ4v) is 3.99. The topological polar surface area (TPSA) is 17.1 Å². The van der Waals surface area contributed by atoms with E-state index in [1.54, 1.807) is 0 Å². The number of ketones is 1. The predicted molar refractivity (Wildman–Crippen MR) is 99.7 cm³/mol. The Hall–Kier alpha value is -1.37. The molecule has 0 aromatic heterocycles. The normalized spacial score (nSPS) is 23.6. The monoisotopic (exact) mass is 312 g/mol. The SMILES string of the molecule is C/C=C(\C)c1cccc(C)c1C(C)CC(=O)C1CCC(C)CC1. The molecule has 1 nitrogen and oxygen atoms in total. The van der Waals surface area contributed by atoms with Crippen molar-refractivity contribution in [2.45, 2.75) is 72.6 Å². The van der Waals surface area contributed by atoms with Crippen LogP contribution >= 0.6 is 0 Å². The second kappa shape index (κ2) is 7.95. The molecule has 2 rings (SSSR count). The van der Waals surface area contributed by atoms with Crippen molar-refractivity contribution in [1.29, 1.82) is 0 Å². The summed E-state index contributed by atoms with van der Waals surface area (Å²) >= 11 is 0. The van der Waals surface area contributed by atoms with Crippen LogP contribution in [0.1, 0.15) is 82.4 Å². The molecule has 1 saturated carbocycles. The lowest BCUT2D eigenvalue weighted by Gasteiger charge is -2.27. The molecule has 23 heavy (non-hydrogen) atoms. The van der Waals surface area contributed by atoms with Crippen LogP contribution in [0.4, 0.5) is 0 Å². The van der Waals surface area contributed by atoms with E-state index in [2.05, 4.69) is 58.9 Å². The number of Topliss-reactive ketones (excluding diaryl/α,β-unsaturated/α-hetero) is 1. The van der Waals surface area contributed by atoms with Gasteiger partial charge >= 0.3 is 0 Å². The van der Waals surface area contributed by atoms with Crippen LogP contribution in [-0.2, 0) is 4.79 Å². The van der Waals surface area contributed by atoms with E-state index in [-0.39, 0.29) is 0 Å². The molecule has 1 aliphatic rings. The van der Waals surface area contributed by atoms with Gasteiger partial charge in [0.25, 0.3) is 0 Å². The van der Waals surface area contributed by atoms with Gasteiger partial charge in [0.15, 0.2) is 0 Å². The number of rotatable bonds is 5. The van der Waals surface area contributed by atoms with E-state index in [1.165, 1.54) is 35.1 Å². The van der Waals surface area contributed by atoms with Gasteiger partial charge in [0.05, 0.1) is 0 Å². The molecule has 0 saturated heterocycles. The molecule has 0 heterocycles. The highest BCUT2D eigenvalue weighted by atomic mass is 16.1. The molecule has 0 radical (unpaired) electrons. The molecule has 1 unspecified atom stereocenters. The van der Waals surface area contributed by atoms with Gasteiger partial charge in [-0.3, -0.25) is 4.79 Å². The summed E-state index contributed by atoms with van der Waals surface area (Å²) in [7, 11) is 0. The van der Waals surface area contributed by atoms with Crippen LogP contribution in [0.25, 0.3) is 5.57 Å². The van der Waals surface area contributed by atoms with E-state index in [0.717, 1.165) is 18.8 Å². The highest BCUT2D eigenvalue weighted by Crippen LogP contribution is 2.34. The molecule has 1 aromatic carbocycles. The Kier molecular flexibility index (Phi) is 6.21. The van der Waals surface area contributed by atoms with Gasteiger partial charge in [0.1, 0.15) is 5.78 Å². The molecular formula is C22H32O. The summed E-state index contributed by atoms with van der Waals surface area (Å²) < 4.78 is 0. The van der Waals surface area contributed by atoms with Crippen LogP contribution in [-0.4, -0.2) is 5.78 Å². The van der Waals surface area contributed by atoms with Crippen LogP contribution in [0.2, 0.25) is 0 Å². The van der Waals surface area contributed by atoms with E-state index in [1.807, 2.05) is 0 Å². The first kappa shape index (κ1) is 18.0. The van der Waals surface area contributed by atoms with Crippen LogP contribution < -0.4 is 0 Å². The zero-order valence-electron chi connectivity index (χ0n) is 15.5. The van der Waals surface area contributed by atoms with Crippen molar-refractivity contribution < 1.29 is 4.79 Å². The van der Waals surface area contributed by atoms with Gasteiger partial charge in [0.2, 0.25) is 0 Å². The fourth-order valence-electron chi connectivity index (χ4n) is 3.99. The standard InChI is InChI=1S/C22H32O/c1-6-16(3)20-9-7-8-17(4)22(20)18(5)14-21(23)19-12-10-15(2)11-13-19/h6-9,15,18-19H,10-14H2,1-5H3/b16-6+. The molecule has 1 aliphatic carbocycles. The van der Waals surface area contributed by atoms with Crippen molar-refractivity contribution in [3.8, 4) is 0 Å². The van der Waals surface area contributed by atoms with Gasteiger partial charge < -0.3 is 0 Å². The Labute approximate surface area is 142 Å². The quantitative estimate of drug-likeness (QED) is 0.623. The summed E-state index contributed by atoms with van der Waals surface area (Å²) in [4.78, 5) is 12.7. The minimum absolute atomic E-state index is 0.299.